The van der Waals surface area contributed by atoms with Crippen LogP contribution in [-0.2, 0) is 64.1 Å². The number of nitrogens with two attached hydrogens (primary N) is 1. The van der Waals surface area contributed by atoms with E-state index in [4.69, 9.17) is 19.8 Å². The van der Waals surface area contributed by atoms with Crippen LogP contribution in [0, 0.1) is 17.8 Å². The predicted octanol–water partition coefficient (Wildman–Crippen LogP) is -0.437. The number of cyclic esters (lactones) is 1. The van der Waals surface area contributed by atoms with E-state index in [2.05, 4.69) is 46.7 Å². The lowest BCUT2D eigenvalue weighted by Crippen LogP contribution is -2.66. The number of aliphatic hydroxyl groups is 2. The van der Waals surface area contributed by atoms with Crippen molar-refractivity contribution in [3.8, 4) is 5.75 Å². The molecule has 2 aliphatic rings. The molecule has 7 amide bonds. The van der Waals surface area contributed by atoms with Crippen molar-refractivity contribution >= 4 is 73.6 Å². The number of ether oxygens (including phenoxy) is 2. The van der Waals surface area contributed by atoms with Gasteiger partial charge in [-0.1, -0.05) is 60.5 Å². The van der Waals surface area contributed by atoms with Gasteiger partial charge in [0.15, 0.2) is 6.10 Å². The van der Waals surface area contributed by atoms with E-state index in [0.29, 0.717) is 35.0 Å². The summed E-state index contributed by atoms with van der Waals surface area (Å²) in [6.45, 7) is 10.1. The van der Waals surface area contributed by atoms with Crippen LogP contribution in [0.5, 0.6) is 5.75 Å². The van der Waals surface area contributed by atoms with Crippen molar-refractivity contribution in [2.24, 2.45) is 23.5 Å². The van der Waals surface area contributed by atoms with E-state index in [9.17, 15) is 52.2 Å². The van der Waals surface area contributed by atoms with Gasteiger partial charge < -0.3 is 61.8 Å². The summed E-state index contributed by atoms with van der Waals surface area (Å²) in [5.41, 5.74) is 6.31. The van der Waals surface area contributed by atoms with E-state index >= 15 is 4.79 Å². The minimum atomic E-state index is -5.06. The molecule has 2 bridgehead atoms. The van der Waals surface area contributed by atoms with Gasteiger partial charge in [0, 0.05) is 13.5 Å². The second kappa shape index (κ2) is 27.9. The molecule has 0 spiro atoms. The third kappa shape index (κ3) is 16.8. The molecule has 0 saturated carbocycles. The van der Waals surface area contributed by atoms with Crippen LogP contribution in [0.3, 0.4) is 0 Å². The van der Waals surface area contributed by atoms with Gasteiger partial charge in [-0.15, -0.1) is 0 Å². The van der Waals surface area contributed by atoms with E-state index < -0.39 is 143 Å². The maximum absolute atomic E-state index is 15.0. The molecule has 72 heavy (non-hydrogen) atoms. The first kappa shape index (κ1) is 61.3. The normalized spacial score (nSPS) is 25.9. The molecule has 24 nitrogen and oxygen atoms in total. The lowest BCUT2D eigenvalue weighted by atomic mass is 9.91. The quantitative estimate of drug-likeness (QED) is 0.0482. The highest BCUT2D eigenvalue weighted by atomic mass is 79.9. The molecule has 0 aromatic heterocycles. The molecule has 2 fully saturated rings. The van der Waals surface area contributed by atoms with Gasteiger partial charge in [0.2, 0.25) is 35.4 Å². The summed E-state index contributed by atoms with van der Waals surface area (Å²) in [4.78, 5) is 117. The van der Waals surface area contributed by atoms with Gasteiger partial charge in [0.1, 0.15) is 67.0 Å². The second-order valence-corrected chi connectivity index (χ2v) is 20.6. The highest BCUT2D eigenvalue weighted by molar-refractivity contribution is 9.10. The Morgan fingerprint density at radius 1 is 0.944 bits per heavy atom. The van der Waals surface area contributed by atoms with Gasteiger partial charge in [0.05, 0.1) is 11.6 Å². The first-order valence-corrected chi connectivity index (χ1v) is 26.2. The van der Waals surface area contributed by atoms with Gasteiger partial charge in [0.25, 0.3) is 5.91 Å². The van der Waals surface area contributed by atoms with Gasteiger partial charge in [-0.25, -0.2) is 8.98 Å². The maximum Gasteiger partial charge on any atom is 0.397 e. The first-order valence-electron chi connectivity index (χ1n) is 24.0. The number of carbonyl (C=O) groups is 8. The van der Waals surface area contributed by atoms with E-state index in [1.807, 2.05) is 0 Å². The molecule has 2 heterocycles. The van der Waals surface area contributed by atoms with Gasteiger partial charge in [-0.2, -0.15) is 8.42 Å². The summed E-state index contributed by atoms with van der Waals surface area (Å²) in [6, 6.07) is -5.27. The van der Waals surface area contributed by atoms with Crippen molar-refractivity contribution < 1.29 is 75.2 Å². The summed E-state index contributed by atoms with van der Waals surface area (Å²) >= 11 is 3.46. The van der Waals surface area contributed by atoms with Gasteiger partial charge in [-0.3, -0.25) is 38.1 Å². The molecule has 1 aromatic rings. The van der Waals surface area contributed by atoms with Crippen molar-refractivity contribution in [3.05, 3.63) is 28.2 Å². The van der Waals surface area contributed by atoms with Crippen molar-refractivity contribution in [1.29, 1.82) is 0 Å². The number of likely N-dealkylation sites (N-methyl/N-ethyl adjacent to an activating group) is 1. The fourth-order valence-corrected chi connectivity index (χ4v) is 9.13. The third-order valence-corrected chi connectivity index (χ3v) is 14.1. The Balaban J connectivity index is 2.26. The Morgan fingerprint density at radius 2 is 1.60 bits per heavy atom. The zero-order valence-corrected chi connectivity index (χ0v) is 44.6. The van der Waals surface area contributed by atoms with E-state index in [1.54, 1.807) is 45.9 Å². The first-order chi connectivity index (χ1) is 33.7. The number of amides is 7. The van der Waals surface area contributed by atoms with E-state index in [1.165, 1.54) is 34.9 Å². The van der Waals surface area contributed by atoms with Crippen LogP contribution in [0.4, 0.5) is 0 Å². The van der Waals surface area contributed by atoms with Gasteiger partial charge >= 0.3 is 16.4 Å². The smallest absolute Gasteiger partial charge is 0.397 e. The average molecular weight is 1110 g/mol. The average Bonchev–Trinajstić information content (AvgIpc) is 3.32. The summed E-state index contributed by atoms with van der Waals surface area (Å²) in [7, 11) is -2.22. The van der Waals surface area contributed by atoms with Crippen molar-refractivity contribution in [1.82, 2.24) is 36.4 Å². The van der Waals surface area contributed by atoms with Crippen molar-refractivity contribution in [2.45, 2.75) is 161 Å². The Hall–Kier alpha value is -4.99. The van der Waals surface area contributed by atoms with E-state index in [0.717, 1.165) is 9.80 Å². The number of hydrogen-bond donors (Lipinski definition) is 9. The number of piperidine rings is 1. The molecule has 0 unspecified atom stereocenters. The molecule has 2 aliphatic heterocycles. The monoisotopic (exact) mass is 1100 g/mol. The summed E-state index contributed by atoms with van der Waals surface area (Å²) < 4.78 is 47.0. The van der Waals surface area contributed by atoms with Crippen molar-refractivity contribution in [2.75, 3.05) is 27.3 Å². The number of rotatable bonds is 19. The molecule has 1 aromatic carbocycles. The molecule has 0 aliphatic carbocycles. The second-order valence-electron chi connectivity index (χ2n) is 18.6. The number of unbranched alkanes of at least 4 members (excludes halogenated alkanes) is 1. The number of esters is 1. The van der Waals surface area contributed by atoms with Crippen LogP contribution in [0.25, 0.3) is 0 Å². The van der Waals surface area contributed by atoms with Crippen LogP contribution in [0.2, 0.25) is 0 Å². The largest absolute Gasteiger partial charge is 0.496 e. The van der Waals surface area contributed by atoms with E-state index in [-0.39, 0.29) is 38.6 Å². The molecule has 3 rings (SSSR count). The van der Waals surface area contributed by atoms with Crippen molar-refractivity contribution in [3.63, 3.8) is 0 Å². The summed E-state index contributed by atoms with van der Waals surface area (Å²) in [5.74, 6) is -9.24. The number of halogens is 1. The molecular weight excluding hydrogens is 1030 g/mol. The lowest BCUT2D eigenvalue weighted by molar-refractivity contribution is -0.168. The molecule has 2 saturated heterocycles. The highest BCUT2D eigenvalue weighted by Gasteiger charge is 2.47. The standard InChI is InChI=1S/C46H73BrN8O16S/c1-10-24(5)36-46(65)71-26(7)37(53-42(61)35(23(3)4)51-41(60)32(56)22-70-72(66,67)68)43(62)49-29(14-12-13-19-48)39(58)50-30-16-18-34(57)55(44(30)63)38(25(6)11-2)45(64)54(8)31(40(59)52-36)21-27-15-17-33(69-9)28(47)20-27/h15,17,20,23-26,29-32,34-38,56-57H,10-14,16,18-19,21-22,48H2,1-9H3,(H,49,62)(H,50,58)(H,51,60)(H,52,59)(H,53,61)(H,66,67,68)/t24-,25+,26+,29-,30-,31-,32+,34+,35+,36-,37-,38-/m0/s1. The topological polar surface area (TPSA) is 352 Å². The molecule has 10 N–H and O–H groups in total. The number of fused-ring (bicyclic) bond motifs is 2. The Morgan fingerprint density at radius 3 is 2.17 bits per heavy atom. The van der Waals surface area contributed by atoms with Crippen LogP contribution < -0.4 is 37.1 Å². The molecular formula is C46H73BrN8O16S. The number of carbonyl (C=O) groups excluding carboxylic acids is 8. The highest BCUT2D eigenvalue weighted by Crippen LogP contribution is 2.30. The summed E-state index contributed by atoms with van der Waals surface area (Å²) in [5, 5.41) is 34.5. The van der Waals surface area contributed by atoms with Crippen LogP contribution in [0.1, 0.15) is 99.0 Å². The number of nitrogens with one attached hydrogen (secondary N) is 5. The molecule has 26 heteroatoms. The van der Waals surface area contributed by atoms with Gasteiger partial charge in [-0.05, 0) is 97.0 Å². The molecule has 406 valence electrons. The number of benzene rings is 1. The minimum absolute atomic E-state index is 0.0435. The Labute approximate surface area is 429 Å². The lowest BCUT2D eigenvalue weighted by Gasteiger charge is -2.44. The van der Waals surface area contributed by atoms with Crippen LogP contribution in [-0.4, -0.2) is 168 Å². The fourth-order valence-electron chi connectivity index (χ4n) is 8.24. The zero-order chi connectivity index (χ0) is 54.4. The SMILES string of the molecule is CC[C@@H](C)[C@H]1C(=O)N(C)[C@@H](Cc2ccc(OC)c(Br)c2)C(=O)N[C@@H]([C@@H](C)CC)C(=O)O[C@H](C)[C@H](NC(=O)[C@H](NC(=O)[C@H](O)COS(=O)(=O)O)C(C)C)C(=O)N[C@@H](CCCCN)C(=O)N[C@H]2CC[C@@H](O)N1C2=O. The molecule has 12 atom stereocenters. The van der Waals surface area contributed by atoms with Crippen LogP contribution in [0.15, 0.2) is 22.7 Å². The Bertz CT molecular complexity index is 2210. The summed E-state index contributed by atoms with van der Waals surface area (Å²) in [6.07, 6.45) is -4.28. The molecule has 0 radical (unpaired) electrons. The number of hydrogen-bond acceptors (Lipinski definition) is 16. The fraction of sp³-hybridized carbons (Fsp3) is 0.696. The van der Waals surface area contributed by atoms with Crippen LogP contribution >= 0.6 is 15.9 Å². The Kier molecular flexibility index (Phi) is 23.8. The number of aliphatic hydroxyl groups excluding tert-OH is 2. The predicted molar refractivity (Wildman–Crippen MR) is 262 cm³/mol. The minimum Gasteiger partial charge on any atom is -0.496 e. The maximum atomic E-state index is 15.0. The third-order valence-electron chi connectivity index (χ3n) is 13.0. The number of nitrogens with zero attached hydrogens (tertiary/aromatic N) is 2. The number of methoxy groups -OCH3 is 1. The zero-order valence-electron chi connectivity index (χ0n) is 42.2.